The van der Waals surface area contributed by atoms with Gasteiger partial charge in [-0.05, 0) is 12.1 Å². The summed E-state index contributed by atoms with van der Waals surface area (Å²) < 4.78 is 44.0. The van der Waals surface area contributed by atoms with Crippen molar-refractivity contribution < 1.29 is 13.2 Å². The largest absolute Gasteiger partial charge is 0.405 e. The van der Waals surface area contributed by atoms with Crippen LogP contribution >= 0.6 is 23.3 Å². The second-order valence-corrected chi connectivity index (χ2v) is 3.96. The third kappa shape index (κ3) is 2.35. The highest BCUT2D eigenvalue weighted by Gasteiger charge is 2.27. The Morgan fingerprint density at radius 2 is 2.06 bits per heavy atom. The van der Waals surface area contributed by atoms with Crippen molar-refractivity contribution in [2.45, 2.75) is 6.18 Å². The van der Waals surface area contributed by atoms with E-state index < -0.39 is 12.7 Å². The predicted octanol–water partition coefficient (Wildman–Crippen LogP) is 3.32. The minimum absolute atomic E-state index is 0.172. The highest BCUT2D eigenvalue weighted by atomic mass is 35.5. The van der Waals surface area contributed by atoms with Crippen LogP contribution < -0.4 is 5.32 Å². The number of nitrogens with one attached hydrogen (secondary N) is 1. The van der Waals surface area contributed by atoms with Crippen LogP contribution in [-0.2, 0) is 0 Å². The number of aromatic nitrogens is 2. The van der Waals surface area contributed by atoms with Crippen LogP contribution in [0.3, 0.4) is 0 Å². The number of hydrogen-bond donors (Lipinski definition) is 1. The number of halogens is 4. The van der Waals surface area contributed by atoms with Gasteiger partial charge in [0, 0.05) is 0 Å². The lowest BCUT2D eigenvalue weighted by molar-refractivity contribution is -0.115. The van der Waals surface area contributed by atoms with Gasteiger partial charge in [0.2, 0.25) is 0 Å². The van der Waals surface area contributed by atoms with Crippen LogP contribution in [0.4, 0.5) is 18.9 Å². The first-order valence-electron chi connectivity index (χ1n) is 4.19. The monoisotopic (exact) mass is 267 g/mol. The van der Waals surface area contributed by atoms with Crippen molar-refractivity contribution in [1.29, 1.82) is 0 Å². The van der Waals surface area contributed by atoms with Gasteiger partial charge in [-0.25, -0.2) is 0 Å². The van der Waals surface area contributed by atoms with E-state index in [9.17, 15) is 13.2 Å². The lowest BCUT2D eigenvalue weighted by Crippen LogP contribution is -2.21. The summed E-state index contributed by atoms with van der Waals surface area (Å²) in [4.78, 5) is 0. The predicted molar refractivity (Wildman–Crippen MR) is 57.0 cm³/mol. The molecular formula is C8H5ClF3N3S. The van der Waals surface area contributed by atoms with Crippen LogP contribution in [0.5, 0.6) is 0 Å². The topological polar surface area (TPSA) is 37.8 Å². The number of nitrogens with zero attached hydrogens (tertiary/aromatic N) is 2. The molecule has 16 heavy (non-hydrogen) atoms. The van der Waals surface area contributed by atoms with Gasteiger partial charge in [-0.2, -0.15) is 21.9 Å². The molecule has 86 valence electrons. The maximum Gasteiger partial charge on any atom is 0.405 e. The lowest BCUT2D eigenvalue weighted by Gasteiger charge is -2.10. The summed E-state index contributed by atoms with van der Waals surface area (Å²) in [5, 5.41) is 2.43. The summed E-state index contributed by atoms with van der Waals surface area (Å²) >= 11 is 6.73. The van der Waals surface area contributed by atoms with E-state index in [0.29, 0.717) is 11.0 Å². The molecule has 0 fully saturated rings. The molecule has 0 saturated heterocycles. The molecule has 2 aromatic rings. The Labute approximate surface area is 97.6 Å². The van der Waals surface area contributed by atoms with Crippen LogP contribution in [0, 0.1) is 0 Å². The molecule has 0 unspecified atom stereocenters. The van der Waals surface area contributed by atoms with Crippen molar-refractivity contribution in [3.05, 3.63) is 17.2 Å². The van der Waals surface area contributed by atoms with E-state index in [4.69, 9.17) is 11.6 Å². The molecule has 0 amide bonds. The molecule has 1 aromatic heterocycles. The van der Waals surface area contributed by atoms with Crippen LogP contribution in [0.1, 0.15) is 0 Å². The highest BCUT2D eigenvalue weighted by molar-refractivity contribution is 7.00. The van der Waals surface area contributed by atoms with Crippen molar-refractivity contribution in [3.63, 3.8) is 0 Å². The van der Waals surface area contributed by atoms with Gasteiger partial charge in [0.25, 0.3) is 0 Å². The van der Waals surface area contributed by atoms with Gasteiger partial charge in [-0.1, -0.05) is 11.6 Å². The van der Waals surface area contributed by atoms with Crippen molar-refractivity contribution in [2.75, 3.05) is 11.9 Å². The van der Waals surface area contributed by atoms with Crippen molar-refractivity contribution in [3.8, 4) is 0 Å². The number of anilines is 1. The van der Waals surface area contributed by atoms with E-state index in [1.807, 2.05) is 0 Å². The molecule has 8 heteroatoms. The Morgan fingerprint density at radius 3 is 2.75 bits per heavy atom. The Balaban J connectivity index is 2.35. The maximum atomic E-state index is 12.1. The van der Waals surface area contributed by atoms with Crippen LogP contribution in [0.25, 0.3) is 11.0 Å². The highest BCUT2D eigenvalue weighted by Crippen LogP contribution is 2.30. The molecule has 1 aromatic carbocycles. The minimum atomic E-state index is -4.30. The third-order valence-corrected chi connectivity index (χ3v) is 2.70. The van der Waals surface area contributed by atoms with Crippen molar-refractivity contribution in [1.82, 2.24) is 8.75 Å². The second-order valence-electron chi connectivity index (χ2n) is 3.02. The smallest absolute Gasteiger partial charge is 0.373 e. The lowest BCUT2D eigenvalue weighted by atomic mass is 10.2. The zero-order valence-corrected chi connectivity index (χ0v) is 9.25. The Morgan fingerprint density at radius 1 is 1.31 bits per heavy atom. The van der Waals surface area contributed by atoms with Gasteiger partial charge < -0.3 is 5.32 Å². The van der Waals surface area contributed by atoms with E-state index in [2.05, 4.69) is 14.1 Å². The molecule has 0 aliphatic rings. The molecule has 0 atom stereocenters. The molecule has 0 radical (unpaired) electrons. The summed E-state index contributed by atoms with van der Waals surface area (Å²) in [5.41, 5.74) is 1.06. The molecule has 0 saturated carbocycles. The number of hydrogen-bond acceptors (Lipinski definition) is 4. The summed E-state index contributed by atoms with van der Waals surface area (Å²) in [5.74, 6) is 0. The summed E-state index contributed by atoms with van der Waals surface area (Å²) in [6.07, 6.45) is -4.30. The molecule has 2 rings (SSSR count). The fourth-order valence-corrected chi connectivity index (χ4v) is 1.95. The number of alkyl halides is 3. The zero-order valence-electron chi connectivity index (χ0n) is 7.68. The average molecular weight is 268 g/mol. The minimum Gasteiger partial charge on any atom is -0.373 e. The molecule has 0 spiro atoms. The number of rotatable bonds is 2. The van der Waals surface area contributed by atoms with Gasteiger partial charge in [0.15, 0.2) is 0 Å². The molecule has 0 aliphatic heterocycles. The van der Waals surface area contributed by atoms with E-state index in [1.165, 1.54) is 6.07 Å². The first kappa shape index (κ1) is 11.4. The van der Waals surface area contributed by atoms with Gasteiger partial charge in [0.05, 0.1) is 22.4 Å². The van der Waals surface area contributed by atoms with Crippen LogP contribution in [0.2, 0.25) is 5.02 Å². The molecular weight excluding hydrogens is 263 g/mol. The summed E-state index contributed by atoms with van der Waals surface area (Å²) in [6, 6.07) is 3.10. The zero-order chi connectivity index (χ0) is 11.8. The van der Waals surface area contributed by atoms with Gasteiger partial charge in [0.1, 0.15) is 17.6 Å². The fourth-order valence-electron chi connectivity index (χ4n) is 1.18. The van der Waals surface area contributed by atoms with E-state index >= 15 is 0 Å². The Hall–Kier alpha value is -1.08. The third-order valence-electron chi connectivity index (χ3n) is 1.84. The number of benzene rings is 1. The van der Waals surface area contributed by atoms with Crippen LogP contribution in [0.15, 0.2) is 12.1 Å². The molecule has 1 N–H and O–H groups in total. The molecule has 1 heterocycles. The van der Waals surface area contributed by atoms with E-state index in [-0.39, 0.29) is 10.7 Å². The second kappa shape index (κ2) is 4.06. The van der Waals surface area contributed by atoms with Gasteiger partial charge >= 0.3 is 6.18 Å². The van der Waals surface area contributed by atoms with E-state index in [0.717, 1.165) is 11.7 Å². The van der Waals surface area contributed by atoms with E-state index in [1.54, 1.807) is 6.07 Å². The summed E-state index contributed by atoms with van der Waals surface area (Å²) in [6.45, 7) is -1.15. The fraction of sp³-hybridized carbons (Fsp3) is 0.250. The quantitative estimate of drug-likeness (QED) is 0.907. The molecule has 3 nitrogen and oxygen atoms in total. The standard InChI is InChI=1S/C8H5ClF3N3S/c9-4-1-2-5-7(15-16-14-5)6(4)13-3-8(10,11)12/h1-2,13H,3H2. The van der Waals surface area contributed by atoms with Crippen molar-refractivity contribution in [2.24, 2.45) is 0 Å². The normalized spacial score (nSPS) is 12.0. The Kier molecular flexibility index (Phi) is 2.90. The van der Waals surface area contributed by atoms with Gasteiger partial charge in [-0.15, -0.1) is 0 Å². The van der Waals surface area contributed by atoms with Crippen LogP contribution in [-0.4, -0.2) is 21.5 Å². The first-order chi connectivity index (χ1) is 7.47. The molecule has 0 bridgehead atoms. The average Bonchev–Trinajstić information content (AvgIpc) is 2.62. The Bertz CT molecular complexity index is 511. The molecule has 0 aliphatic carbocycles. The first-order valence-corrected chi connectivity index (χ1v) is 5.29. The van der Waals surface area contributed by atoms with Crippen molar-refractivity contribution >= 4 is 40.0 Å². The summed E-state index contributed by atoms with van der Waals surface area (Å²) in [7, 11) is 0. The maximum absolute atomic E-state index is 12.1. The SMILES string of the molecule is FC(F)(F)CNc1c(Cl)ccc2nsnc12. The van der Waals surface area contributed by atoms with Gasteiger partial charge in [-0.3, -0.25) is 0 Å². The number of fused-ring (bicyclic) bond motifs is 1.